The lowest BCUT2D eigenvalue weighted by Gasteiger charge is -2.10. The molecule has 0 radical (unpaired) electrons. The van der Waals surface area contributed by atoms with Gasteiger partial charge in [-0.2, -0.15) is 11.8 Å². The Kier molecular flexibility index (Phi) is 4.41. The summed E-state index contributed by atoms with van der Waals surface area (Å²) in [4.78, 5) is 24.0. The van der Waals surface area contributed by atoms with E-state index in [4.69, 9.17) is 0 Å². The molecule has 0 fully saturated rings. The third-order valence-electron chi connectivity index (χ3n) is 1.78. The van der Waals surface area contributed by atoms with Crippen molar-refractivity contribution in [3.63, 3.8) is 0 Å². The Morgan fingerprint density at radius 1 is 1.53 bits per heavy atom. The Hall–Kier alpha value is -1.24. The lowest BCUT2D eigenvalue weighted by atomic mass is 10.2. The van der Waals surface area contributed by atoms with E-state index in [-0.39, 0.29) is 5.82 Å². The minimum Gasteiger partial charge on any atom is -0.364 e. The van der Waals surface area contributed by atoms with Crippen molar-refractivity contribution in [3.05, 3.63) is 20.8 Å². The minimum atomic E-state index is -0.595. The van der Waals surface area contributed by atoms with Crippen molar-refractivity contribution >= 4 is 17.6 Å². The normalized spacial score (nSPS) is 12.4. The van der Waals surface area contributed by atoms with Crippen LogP contribution in [0.5, 0.6) is 0 Å². The Balaban J connectivity index is 2.58. The van der Waals surface area contributed by atoms with Crippen LogP contribution in [0.25, 0.3) is 0 Å². The fraction of sp³-hybridized carbons (Fsp3) is 0.625. The second-order valence-corrected chi connectivity index (χ2v) is 4.21. The monoisotopic (exact) mass is 230 g/mol. The summed E-state index contributed by atoms with van der Waals surface area (Å²) < 4.78 is 0. The molecule has 0 aromatic carbocycles. The molecule has 0 aliphatic carbocycles. The number of H-pyrrole nitrogens is 2. The van der Waals surface area contributed by atoms with Gasteiger partial charge < -0.3 is 5.32 Å². The van der Waals surface area contributed by atoms with E-state index in [0.29, 0.717) is 12.5 Å². The molecule has 6 nitrogen and oxygen atoms in total. The second-order valence-electron chi connectivity index (χ2n) is 3.30. The van der Waals surface area contributed by atoms with E-state index in [1.54, 1.807) is 11.8 Å². The third-order valence-corrected chi connectivity index (χ3v) is 2.68. The van der Waals surface area contributed by atoms with E-state index in [0.717, 1.165) is 5.75 Å². The van der Waals surface area contributed by atoms with Crippen LogP contribution in [0.1, 0.15) is 6.92 Å². The number of hydrogen-bond acceptors (Lipinski definition) is 5. The fourth-order valence-corrected chi connectivity index (χ4v) is 1.77. The predicted molar refractivity (Wildman–Crippen MR) is 61.5 cm³/mol. The van der Waals surface area contributed by atoms with Gasteiger partial charge in [0.05, 0.1) is 0 Å². The largest absolute Gasteiger partial charge is 0.364 e. The number of rotatable bonds is 5. The van der Waals surface area contributed by atoms with Gasteiger partial charge in [0, 0.05) is 6.54 Å². The molecule has 0 amide bonds. The first kappa shape index (κ1) is 11.8. The Labute approximate surface area is 90.9 Å². The van der Waals surface area contributed by atoms with Crippen LogP contribution >= 0.6 is 11.8 Å². The molecule has 0 aliphatic rings. The molecule has 1 aromatic rings. The van der Waals surface area contributed by atoms with Crippen molar-refractivity contribution in [3.8, 4) is 0 Å². The second kappa shape index (κ2) is 5.59. The summed E-state index contributed by atoms with van der Waals surface area (Å²) >= 11 is 1.75. The molecule has 84 valence electrons. The minimum absolute atomic E-state index is 0.155. The average Bonchev–Trinajstić information content (AvgIpc) is 2.17. The molecule has 1 unspecified atom stereocenters. The van der Waals surface area contributed by atoms with Crippen molar-refractivity contribution in [1.29, 1.82) is 0 Å². The number of aromatic amines is 2. The van der Waals surface area contributed by atoms with Gasteiger partial charge in [0.15, 0.2) is 0 Å². The lowest BCUT2D eigenvalue weighted by Crippen LogP contribution is -2.28. The zero-order valence-corrected chi connectivity index (χ0v) is 9.48. The van der Waals surface area contributed by atoms with Gasteiger partial charge in [0.25, 0.3) is 5.56 Å². The molecule has 7 heteroatoms. The van der Waals surface area contributed by atoms with Gasteiger partial charge in [-0.3, -0.25) is 9.78 Å². The highest BCUT2D eigenvalue weighted by atomic mass is 32.2. The summed E-state index contributed by atoms with van der Waals surface area (Å²) in [7, 11) is 0. The Morgan fingerprint density at radius 3 is 2.87 bits per heavy atom. The number of aromatic nitrogens is 3. The van der Waals surface area contributed by atoms with Crippen molar-refractivity contribution in [2.45, 2.75) is 6.92 Å². The van der Waals surface area contributed by atoms with Crippen LogP contribution in [-0.2, 0) is 0 Å². The van der Waals surface area contributed by atoms with Crippen LogP contribution in [0.15, 0.2) is 9.59 Å². The summed E-state index contributed by atoms with van der Waals surface area (Å²) in [6.07, 6.45) is 2.03. The predicted octanol–water partition coefficient (Wildman–Crippen LogP) is -0.131. The van der Waals surface area contributed by atoms with E-state index in [1.807, 2.05) is 6.26 Å². The smallest absolute Gasteiger partial charge is 0.342 e. The molecule has 15 heavy (non-hydrogen) atoms. The third kappa shape index (κ3) is 3.78. The van der Waals surface area contributed by atoms with Crippen LogP contribution in [0.2, 0.25) is 0 Å². The van der Waals surface area contributed by atoms with Gasteiger partial charge in [-0.25, -0.2) is 9.89 Å². The topological polar surface area (TPSA) is 90.6 Å². The Bertz CT molecular complexity index is 414. The summed E-state index contributed by atoms with van der Waals surface area (Å²) in [5.41, 5.74) is -1.09. The van der Waals surface area contributed by atoms with E-state index in [9.17, 15) is 9.59 Å². The maximum absolute atomic E-state index is 11.2. The highest BCUT2D eigenvalue weighted by Gasteiger charge is 2.04. The first-order valence-corrected chi connectivity index (χ1v) is 5.94. The molecule has 0 aliphatic heterocycles. The summed E-state index contributed by atoms with van der Waals surface area (Å²) in [6.45, 7) is 2.73. The molecule has 1 atom stereocenters. The SMILES string of the molecule is CSCC(C)CNc1n[nH]c(=O)[nH]c1=O. The first-order chi connectivity index (χ1) is 7.13. The van der Waals surface area contributed by atoms with E-state index in [1.165, 1.54) is 0 Å². The molecule has 3 N–H and O–H groups in total. The van der Waals surface area contributed by atoms with E-state index < -0.39 is 11.2 Å². The first-order valence-electron chi connectivity index (χ1n) is 4.55. The highest BCUT2D eigenvalue weighted by Crippen LogP contribution is 2.04. The molecule has 0 bridgehead atoms. The van der Waals surface area contributed by atoms with Crippen molar-refractivity contribution in [1.82, 2.24) is 15.2 Å². The molecule has 0 saturated carbocycles. The van der Waals surface area contributed by atoms with Crippen LogP contribution in [0.4, 0.5) is 5.82 Å². The molecule has 0 saturated heterocycles. The lowest BCUT2D eigenvalue weighted by molar-refractivity contribution is 0.695. The van der Waals surface area contributed by atoms with Gasteiger partial charge in [-0.15, -0.1) is 5.10 Å². The van der Waals surface area contributed by atoms with Crippen LogP contribution in [0, 0.1) is 5.92 Å². The van der Waals surface area contributed by atoms with Gasteiger partial charge in [0.2, 0.25) is 5.82 Å². The molecule has 1 aromatic heterocycles. The highest BCUT2D eigenvalue weighted by molar-refractivity contribution is 7.98. The number of thioether (sulfide) groups is 1. The fourth-order valence-electron chi connectivity index (χ4n) is 1.08. The van der Waals surface area contributed by atoms with Crippen molar-refractivity contribution < 1.29 is 0 Å². The van der Waals surface area contributed by atoms with Crippen LogP contribution in [-0.4, -0.2) is 33.7 Å². The van der Waals surface area contributed by atoms with Crippen LogP contribution < -0.4 is 16.6 Å². The summed E-state index contributed by atoms with van der Waals surface area (Å²) in [5.74, 6) is 1.60. The zero-order chi connectivity index (χ0) is 11.3. The average molecular weight is 230 g/mol. The summed E-state index contributed by atoms with van der Waals surface area (Å²) in [6, 6.07) is 0. The number of anilines is 1. The summed E-state index contributed by atoms with van der Waals surface area (Å²) in [5, 5.41) is 8.66. The van der Waals surface area contributed by atoms with E-state index in [2.05, 4.69) is 27.4 Å². The van der Waals surface area contributed by atoms with Gasteiger partial charge in [-0.1, -0.05) is 6.92 Å². The molecule has 1 heterocycles. The van der Waals surface area contributed by atoms with Crippen molar-refractivity contribution in [2.24, 2.45) is 5.92 Å². The zero-order valence-electron chi connectivity index (χ0n) is 8.66. The van der Waals surface area contributed by atoms with Gasteiger partial charge >= 0.3 is 5.69 Å². The maximum atomic E-state index is 11.2. The van der Waals surface area contributed by atoms with Crippen LogP contribution in [0.3, 0.4) is 0 Å². The Morgan fingerprint density at radius 2 is 2.27 bits per heavy atom. The number of nitrogens with one attached hydrogen (secondary N) is 3. The molecule has 0 spiro atoms. The maximum Gasteiger partial charge on any atom is 0.342 e. The number of nitrogens with zero attached hydrogens (tertiary/aromatic N) is 1. The van der Waals surface area contributed by atoms with E-state index >= 15 is 0 Å². The van der Waals surface area contributed by atoms with Crippen molar-refractivity contribution in [2.75, 3.05) is 23.9 Å². The molecular formula is C8H14N4O2S. The van der Waals surface area contributed by atoms with Gasteiger partial charge in [-0.05, 0) is 17.9 Å². The molecule has 1 rings (SSSR count). The molecular weight excluding hydrogens is 216 g/mol. The van der Waals surface area contributed by atoms with Gasteiger partial charge in [0.1, 0.15) is 0 Å². The number of hydrogen-bond donors (Lipinski definition) is 3. The standard InChI is InChI=1S/C8H14N4O2S/c1-5(4-15-2)3-9-6-7(13)10-8(14)12-11-6/h5H,3-4H2,1-2H3,(H,9,11)(H2,10,12,13,14). The quantitative estimate of drug-likeness (QED) is 0.655.